The molecule has 0 aromatic heterocycles. The molecule has 2 aromatic carbocycles. The van der Waals surface area contributed by atoms with Crippen LogP contribution < -0.4 is 10.1 Å². The molecule has 2 aliphatic heterocycles. The Morgan fingerprint density at radius 3 is 2.40 bits per heavy atom. The Labute approximate surface area is 181 Å². The summed E-state index contributed by atoms with van der Waals surface area (Å²) in [5, 5.41) is 12.1. The molecule has 0 saturated carbocycles. The molecule has 5 nitrogen and oxygen atoms in total. The third kappa shape index (κ3) is 3.81. The van der Waals surface area contributed by atoms with Gasteiger partial charge < -0.3 is 9.84 Å². The fourth-order valence-electron chi connectivity index (χ4n) is 4.39. The molecule has 2 N–H and O–H groups in total. The van der Waals surface area contributed by atoms with Crippen molar-refractivity contribution in [3.05, 3.63) is 57.6 Å². The number of carbonyl (C=O) groups excluding carboxylic acids is 2. The zero-order valence-electron chi connectivity index (χ0n) is 17.8. The van der Waals surface area contributed by atoms with Crippen molar-refractivity contribution in [2.24, 2.45) is 0 Å². The average molecular weight is 426 g/mol. The molecule has 0 unspecified atom stereocenters. The molecule has 4 rings (SSSR count). The first-order chi connectivity index (χ1) is 14.2. The second kappa shape index (κ2) is 7.65. The number of rotatable bonds is 4. The van der Waals surface area contributed by atoms with Crippen molar-refractivity contribution in [1.29, 1.82) is 0 Å². The predicted molar refractivity (Wildman–Crippen MR) is 118 cm³/mol. The summed E-state index contributed by atoms with van der Waals surface area (Å²) in [4.78, 5) is 23.1. The van der Waals surface area contributed by atoms with E-state index in [1.807, 2.05) is 32.9 Å². The monoisotopic (exact) mass is 425 g/mol. The van der Waals surface area contributed by atoms with E-state index in [9.17, 15) is 14.7 Å². The standard InChI is InChI=1S/C24H27NO4S/c1-13-14(2)21-18(15(3)20(13)26)9-10-24(4,29-21)12-17-7-5-16(6-8-17)11-19-22(27)25-23(28)30-19/h5-8,19,26H,9-12H2,1-4H3,(H,25,27,28)/t19-,24+/m0/s1. The summed E-state index contributed by atoms with van der Waals surface area (Å²) in [6.45, 7) is 8.05. The van der Waals surface area contributed by atoms with Crippen LogP contribution in [0, 0.1) is 20.8 Å². The quantitative estimate of drug-likeness (QED) is 0.752. The molecule has 6 heteroatoms. The van der Waals surface area contributed by atoms with Gasteiger partial charge in [-0.3, -0.25) is 14.9 Å². The molecule has 2 amide bonds. The van der Waals surface area contributed by atoms with Crippen LogP contribution in [0.2, 0.25) is 0 Å². The fraction of sp³-hybridized carbons (Fsp3) is 0.417. The maximum absolute atomic E-state index is 11.8. The van der Waals surface area contributed by atoms with Gasteiger partial charge in [0, 0.05) is 12.0 Å². The van der Waals surface area contributed by atoms with Gasteiger partial charge in [-0.1, -0.05) is 36.0 Å². The highest BCUT2D eigenvalue weighted by Crippen LogP contribution is 2.44. The van der Waals surface area contributed by atoms with Crippen LogP contribution in [0.15, 0.2) is 24.3 Å². The van der Waals surface area contributed by atoms with Crippen LogP contribution in [-0.4, -0.2) is 27.1 Å². The molecule has 0 radical (unpaired) electrons. The van der Waals surface area contributed by atoms with Gasteiger partial charge in [0.05, 0.1) is 5.25 Å². The number of carbonyl (C=O) groups is 2. The SMILES string of the molecule is Cc1c(C)c2c(c(C)c1O)CC[C@](C)(Cc1ccc(C[C@@H]3SC(=O)NC3=O)cc1)O2. The Morgan fingerprint density at radius 1 is 1.10 bits per heavy atom. The number of hydrogen-bond acceptors (Lipinski definition) is 5. The zero-order valence-corrected chi connectivity index (χ0v) is 18.6. The van der Waals surface area contributed by atoms with Crippen LogP contribution in [0.25, 0.3) is 0 Å². The summed E-state index contributed by atoms with van der Waals surface area (Å²) in [5.74, 6) is 1.09. The molecule has 1 fully saturated rings. The van der Waals surface area contributed by atoms with Gasteiger partial charge in [0.1, 0.15) is 17.1 Å². The van der Waals surface area contributed by atoms with Crippen molar-refractivity contribution in [3.8, 4) is 11.5 Å². The predicted octanol–water partition coefficient (Wildman–Crippen LogP) is 4.54. The van der Waals surface area contributed by atoms with E-state index in [4.69, 9.17) is 4.74 Å². The summed E-state index contributed by atoms with van der Waals surface area (Å²) in [5.41, 5.74) is 5.83. The number of nitrogens with one attached hydrogen (secondary N) is 1. The largest absolute Gasteiger partial charge is 0.507 e. The number of phenolic OH excluding ortho intramolecular Hbond substituents is 1. The number of hydrogen-bond donors (Lipinski definition) is 2. The maximum atomic E-state index is 11.8. The minimum atomic E-state index is -0.343. The van der Waals surface area contributed by atoms with E-state index in [0.717, 1.165) is 64.6 Å². The van der Waals surface area contributed by atoms with Gasteiger partial charge in [-0.05, 0) is 74.8 Å². The number of ether oxygens (including phenoxy) is 1. The minimum Gasteiger partial charge on any atom is -0.507 e. The summed E-state index contributed by atoms with van der Waals surface area (Å²) >= 11 is 1.06. The lowest BCUT2D eigenvalue weighted by atomic mass is 9.84. The van der Waals surface area contributed by atoms with Gasteiger partial charge in [-0.2, -0.15) is 0 Å². The number of amides is 2. The maximum Gasteiger partial charge on any atom is 0.286 e. The lowest BCUT2D eigenvalue weighted by Gasteiger charge is -2.38. The van der Waals surface area contributed by atoms with E-state index in [1.165, 1.54) is 5.56 Å². The minimum absolute atomic E-state index is 0.206. The molecular formula is C24H27NO4S. The van der Waals surface area contributed by atoms with Crippen LogP contribution in [0.5, 0.6) is 11.5 Å². The van der Waals surface area contributed by atoms with Crippen LogP contribution in [0.1, 0.15) is 46.7 Å². The molecule has 158 valence electrons. The fourth-order valence-corrected chi connectivity index (χ4v) is 5.25. The van der Waals surface area contributed by atoms with Gasteiger partial charge in [0.25, 0.3) is 5.24 Å². The summed E-state index contributed by atoms with van der Waals surface area (Å²) in [6, 6.07) is 8.23. The molecule has 1 saturated heterocycles. The lowest BCUT2D eigenvalue weighted by Crippen LogP contribution is -2.39. The average Bonchev–Trinajstić information content (AvgIpc) is 3.02. The van der Waals surface area contributed by atoms with Gasteiger partial charge in [-0.25, -0.2) is 0 Å². The Bertz CT molecular complexity index is 1030. The molecule has 0 aliphatic carbocycles. The summed E-state index contributed by atoms with van der Waals surface area (Å²) in [6.07, 6.45) is 3.09. The van der Waals surface area contributed by atoms with Crippen LogP contribution in [-0.2, 0) is 24.1 Å². The van der Waals surface area contributed by atoms with E-state index in [0.29, 0.717) is 12.2 Å². The highest BCUT2D eigenvalue weighted by Gasteiger charge is 2.35. The van der Waals surface area contributed by atoms with E-state index >= 15 is 0 Å². The first kappa shape index (κ1) is 20.8. The second-order valence-electron chi connectivity index (χ2n) is 8.66. The molecular weight excluding hydrogens is 398 g/mol. The van der Waals surface area contributed by atoms with Crippen molar-refractivity contribution < 1.29 is 19.4 Å². The van der Waals surface area contributed by atoms with Crippen molar-refractivity contribution in [1.82, 2.24) is 5.32 Å². The molecule has 2 heterocycles. The topological polar surface area (TPSA) is 75.6 Å². The third-order valence-electron chi connectivity index (χ3n) is 6.38. The Morgan fingerprint density at radius 2 is 1.77 bits per heavy atom. The van der Waals surface area contributed by atoms with Crippen molar-refractivity contribution in [2.45, 2.75) is 64.2 Å². The summed E-state index contributed by atoms with van der Waals surface area (Å²) < 4.78 is 6.53. The van der Waals surface area contributed by atoms with E-state index in [2.05, 4.69) is 24.4 Å². The smallest absolute Gasteiger partial charge is 0.286 e. The molecule has 2 aromatic rings. The highest BCUT2D eigenvalue weighted by atomic mass is 32.2. The van der Waals surface area contributed by atoms with Gasteiger partial charge in [-0.15, -0.1) is 0 Å². The van der Waals surface area contributed by atoms with Crippen molar-refractivity contribution >= 4 is 22.9 Å². The summed E-state index contributed by atoms with van der Waals surface area (Å²) in [7, 11) is 0. The van der Waals surface area contributed by atoms with Crippen molar-refractivity contribution in [3.63, 3.8) is 0 Å². The number of aromatic hydroxyl groups is 1. The lowest BCUT2D eigenvalue weighted by molar-refractivity contribution is -0.118. The zero-order chi connectivity index (χ0) is 21.6. The Kier molecular flexibility index (Phi) is 5.30. The van der Waals surface area contributed by atoms with Crippen LogP contribution >= 0.6 is 11.8 Å². The van der Waals surface area contributed by atoms with E-state index < -0.39 is 0 Å². The van der Waals surface area contributed by atoms with Gasteiger partial charge in [0.15, 0.2) is 0 Å². The number of fused-ring (bicyclic) bond motifs is 1. The normalized spacial score (nSPS) is 23.1. The molecule has 30 heavy (non-hydrogen) atoms. The molecule has 2 atom stereocenters. The van der Waals surface area contributed by atoms with Crippen LogP contribution in [0.4, 0.5) is 4.79 Å². The third-order valence-corrected chi connectivity index (χ3v) is 7.36. The van der Waals surface area contributed by atoms with Crippen molar-refractivity contribution in [2.75, 3.05) is 0 Å². The number of imide groups is 1. The number of phenols is 1. The Hall–Kier alpha value is -2.47. The molecule has 2 aliphatic rings. The highest BCUT2D eigenvalue weighted by molar-refractivity contribution is 8.15. The van der Waals surface area contributed by atoms with E-state index in [-0.39, 0.29) is 22.0 Å². The second-order valence-corrected chi connectivity index (χ2v) is 9.84. The number of thioether (sulfide) groups is 1. The first-order valence-corrected chi connectivity index (χ1v) is 11.1. The molecule has 0 spiro atoms. The van der Waals surface area contributed by atoms with Gasteiger partial charge >= 0.3 is 0 Å². The van der Waals surface area contributed by atoms with Gasteiger partial charge in [0.2, 0.25) is 5.91 Å². The Balaban J connectivity index is 1.48. The van der Waals surface area contributed by atoms with E-state index in [1.54, 1.807) is 0 Å². The molecule has 0 bridgehead atoms. The first-order valence-electron chi connectivity index (χ1n) is 10.3. The van der Waals surface area contributed by atoms with Crippen LogP contribution in [0.3, 0.4) is 0 Å². The number of benzene rings is 2.